The van der Waals surface area contributed by atoms with Crippen molar-refractivity contribution in [3.05, 3.63) is 42.7 Å². The first kappa shape index (κ1) is 15.5. The molecule has 3 aromatic rings. The van der Waals surface area contributed by atoms with Crippen molar-refractivity contribution in [3.63, 3.8) is 0 Å². The number of carbonyl (C=O) groups excluding carboxylic acids is 1. The molecule has 0 aliphatic rings. The highest BCUT2D eigenvalue weighted by Gasteiger charge is 2.11. The number of ether oxygens (including phenoxy) is 2. The summed E-state index contributed by atoms with van der Waals surface area (Å²) >= 11 is 0. The standard InChI is InChI=1S/C17H16N4O3/c1-23-15-7-13-14(8-16(15)24-2)18-9-19-17(13)21-12-5-3-11(4-6-12)20-10-22/h3-10H,1-2H3,(H,20,22)(H,18,19,21). The Morgan fingerprint density at radius 1 is 0.958 bits per heavy atom. The van der Waals surface area contributed by atoms with Crippen LogP contribution in [-0.4, -0.2) is 30.6 Å². The molecule has 7 nitrogen and oxygen atoms in total. The van der Waals surface area contributed by atoms with Gasteiger partial charge in [0, 0.05) is 22.8 Å². The van der Waals surface area contributed by atoms with Crippen LogP contribution < -0.4 is 20.1 Å². The van der Waals surface area contributed by atoms with E-state index in [9.17, 15) is 4.79 Å². The normalized spacial score (nSPS) is 10.2. The van der Waals surface area contributed by atoms with E-state index < -0.39 is 0 Å². The molecule has 0 spiro atoms. The monoisotopic (exact) mass is 324 g/mol. The number of nitrogens with one attached hydrogen (secondary N) is 2. The summed E-state index contributed by atoms with van der Waals surface area (Å²) < 4.78 is 10.6. The van der Waals surface area contributed by atoms with Gasteiger partial charge in [-0.2, -0.15) is 0 Å². The summed E-state index contributed by atoms with van der Waals surface area (Å²) in [6, 6.07) is 10.9. The summed E-state index contributed by atoms with van der Waals surface area (Å²) in [6.07, 6.45) is 2.12. The number of amides is 1. The molecule has 1 aromatic heterocycles. The Bertz CT molecular complexity index is 866. The topological polar surface area (TPSA) is 85.4 Å². The van der Waals surface area contributed by atoms with Crippen molar-refractivity contribution >= 4 is 34.5 Å². The van der Waals surface area contributed by atoms with Crippen LogP contribution in [0.5, 0.6) is 11.5 Å². The molecule has 0 unspecified atom stereocenters. The van der Waals surface area contributed by atoms with Crippen molar-refractivity contribution in [3.8, 4) is 11.5 Å². The number of rotatable bonds is 6. The molecule has 0 bridgehead atoms. The highest BCUT2D eigenvalue weighted by molar-refractivity contribution is 5.93. The van der Waals surface area contributed by atoms with Gasteiger partial charge in [0.25, 0.3) is 0 Å². The van der Waals surface area contributed by atoms with Gasteiger partial charge in [-0.15, -0.1) is 0 Å². The molecule has 1 amide bonds. The SMILES string of the molecule is COc1cc2ncnc(Nc3ccc(NC=O)cc3)c2cc1OC. The van der Waals surface area contributed by atoms with E-state index in [2.05, 4.69) is 20.6 Å². The molecule has 7 heteroatoms. The molecule has 2 N–H and O–H groups in total. The van der Waals surface area contributed by atoms with Crippen molar-refractivity contribution < 1.29 is 14.3 Å². The molecule has 1 heterocycles. The number of hydrogen-bond acceptors (Lipinski definition) is 6. The van der Waals surface area contributed by atoms with E-state index in [0.29, 0.717) is 23.7 Å². The molecule has 0 aliphatic heterocycles. The number of benzene rings is 2. The van der Waals surface area contributed by atoms with Crippen LogP contribution in [0.3, 0.4) is 0 Å². The Labute approximate surface area is 138 Å². The van der Waals surface area contributed by atoms with Crippen LogP contribution in [0, 0.1) is 0 Å². The summed E-state index contributed by atoms with van der Waals surface area (Å²) in [6.45, 7) is 0. The predicted molar refractivity (Wildman–Crippen MR) is 92.1 cm³/mol. The largest absolute Gasteiger partial charge is 0.493 e. The minimum absolute atomic E-state index is 0.605. The molecule has 0 atom stereocenters. The van der Waals surface area contributed by atoms with Crippen LogP contribution in [0.1, 0.15) is 0 Å². The summed E-state index contributed by atoms with van der Waals surface area (Å²) in [5.41, 5.74) is 2.29. The minimum atomic E-state index is 0.605. The van der Waals surface area contributed by atoms with E-state index in [0.717, 1.165) is 22.3 Å². The number of methoxy groups -OCH3 is 2. The zero-order valence-electron chi connectivity index (χ0n) is 13.2. The third-order valence-electron chi connectivity index (χ3n) is 3.51. The van der Waals surface area contributed by atoms with Crippen molar-refractivity contribution in [1.29, 1.82) is 0 Å². The number of aromatic nitrogens is 2. The second-order valence-electron chi connectivity index (χ2n) is 4.91. The minimum Gasteiger partial charge on any atom is -0.493 e. The number of fused-ring (bicyclic) bond motifs is 1. The Balaban J connectivity index is 1.98. The maximum atomic E-state index is 10.4. The fourth-order valence-corrected chi connectivity index (χ4v) is 2.34. The van der Waals surface area contributed by atoms with Gasteiger partial charge < -0.3 is 20.1 Å². The molecular formula is C17H16N4O3. The Hall–Kier alpha value is -3.35. The summed E-state index contributed by atoms with van der Waals surface area (Å²) in [5.74, 6) is 1.87. The van der Waals surface area contributed by atoms with Gasteiger partial charge in [-0.3, -0.25) is 4.79 Å². The van der Waals surface area contributed by atoms with Gasteiger partial charge in [-0.05, 0) is 30.3 Å². The van der Waals surface area contributed by atoms with Gasteiger partial charge in [0.1, 0.15) is 12.1 Å². The van der Waals surface area contributed by atoms with Crippen LogP contribution in [0.4, 0.5) is 17.2 Å². The zero-order chi connectivity index (χ0) is 16.9. The molecule has 0 saturated heterocycles. The number of hydrogen-bond donors (Lipinski definition) is 2. The van der Waals surface area contributed by atoms with Crippen LogP contribution in [0.2, 0.25) is 0 Å². The summed E-state index contributed by atoms with van der Waals surface area (Å²) in [5, 5.41) is 6.64. The van der Waals surface area contributed by atoms with Gasteiger partial charge in [0.2, 0.25) is 6.41 Å². The van der Waals surface area contributed by atoms with Gasteiger partial charge in [-0.1, -0.05) is 0 Å². The summed E-state index contributed by atoms with van der Waals surface area (Å²) in [7, 11) is 3.16. The lowest BCUT2D eigenvalue weighted by Crippen LogP contribution is -1.98. The number of nitrogens with zero attached hydrogens (tertiary/aromatic N) is 2. The molecule has 122 valence electrons. The first-order valence-corrected chi connectivity index (χ1v) is 7.19. The molecule has 2 aromatic carbocycles. The highest BCUT2D eigenvalue weighted by atomic mass is 16.5. The Morgan fingerprint density at radius 3 is 2.29 bits per heavy atom. The zero-order valence-corrected chi connectivity index (χ0v) is 13.2. The van der Waals surface area contributed by atoms with E-state index >= 15 is 0 Å². The van der Waals surface area contributed by atoms with Gasteiger partial charge >= 0.3 is 0 Å². The lowest BCUT2D eigenvalue weighted by atomic mass is 10.2. The first-order valence-electron chi connectivity index (χ1n) is 7.19. The molecule has 0 aliphatic carbocycles. The fraction of sp³-hybridized carbons (Fsp3) is 0.118. The number of anilines is 3. The van der Waals surface area contributed by atoms with E-state index in [1.54, 1.807) is 32.4 Å². The molecule has 0 fully saturated rings. The predicted octanol–water partition coefficient (Wildman–Crippen LogP) is 2.96. The van der Waals surface area contributed by atoms with E-state index in [4.69, 9.17) is 9.47 Å². The molecule has 3 rings (SSSR count). The molecule has 24 heavy (non-hydrogen) atoms. The van der Waals surface area contributed by atoms with E-state index in [-0.39, 0.29) is 0 Å². The lowest BCUT2D eigenvalue weighted by Gasteiger charge is -2.12. The molecule has 0 radical (unpaired) electrons. The van der Waals surface area contributed by atoms with Crippen LogP contribution in [-0.2, 0) is 4.79 Å². The molecular weight excluding hydrogens is 308 g/mol. The van der Waals surface area contributed by atoms with Crippen LogP contribution >= 0.6 is 0 Å². The van der Waals surface area contributed by atoms with Crippen molar-refractivity contribution in [1.82, 2.24) is 9.97 Å². The summed E-state index contributed by atoms with van der Waals surface area (Å²) in [4.78, 5) is 19.0. The second kappa shape index (κ2) is 6.82. The van der Waals surface area contributed by atoms with E-state index in [1.165, 1.54) is 6.33 Å². The van der Waals surface area contributed by atoms with E-state index in [1.807, 2.05) is 18.2 Å². The highest BCUT2D eigenvalue weighted by Crippen LogP contribution is 2.34. The van der Waals surface area contributed by atoms with Gasteiger partial charge in [-0.25, -0.2) is 9.97 Å². The van der Waals surface area contributed by atoms with Crippen LogP contribution in [0.15, 0.2) is 42.7 Å². The van der Waals surface area contributed by atoms with Crippen molar-refractivity contribution in [2.24, 2.45) is 0 Å². The number of carbonyl (C=O) groups is 1. The van der Waals surface area contributed by atoms with Crippen LogP contribution in [0.25, 0.3) is 10.9 Å². The first-order chi connectivity index (χ1) is 11.7. The smallest absolute Gasteiger partial charge is 0.211 e. The molecule has 0 saturated carbocycles. The Morgan fingerprint density at radius 2 is 1.62 bits per heavy atom. The van der Waals surface area contributed by atoms with Gasteiger partial charge in [0.15, 0.2) is 11.5 Å². The average Bonchev–Trinajstić information content (AvgIpc) is 2.62. The van der Waals surface area contributed by atoms with Crippen molar-refractivity contribution in [2.45, 2.75) is 0 Å². The quantitative estimate of drug-likeness (QED) is 0.678. The van der Waals surface area contributed by atoms with Crippen molar-refractivity contribution in [2.75, 3.05) is 24.9 Å². The maximum absolute atomic E-state index is 10.4. The average molecular weight is 324 g/mol. The Kier molecular flexibility index (Phi) is 4.42. The fourth-order valence-electron chi connectivity index (χ4n) is 2.34. The lowest BCUT2D eigenvalue weighted by molar-refractivity contribution is -0.105. The second-order valence-corrected chi connectivity index (χ2v) is 4.91. The van der Waals surface area contributed by atoms with Gasteiger partial charge in [0.05, 0.1) is 19.7 Å². The third kappa shape index (κ3) is 3.05. The maximum Gasteiger partial charge on any atom is 0.211 e. The third-order valence-corrected chi connectivity index (χ3v) is 3.51.